The van der Waals surface area contributed by atoms with E-state index >= 15 is 0 Å². The van der Waals surface area contributed by atoms with Gasteiger partial charge in [-0.2, -0.15) is 0 Å². The Kier molecular flexibility index (Phi) is 5.99. The van der Waals surface area contributed by atoms with Crippen LogP contribution in [0.1, 0.15) is 18.1 Å². The van der Waals surface area contributed by atoms with Gasteiger partial charge in [-0.15, -0.1) is 0 Å². The number of carbonyl (C=O) groups is 2. The first-order valence-corrected chi connectivity index (χ1v) is 8.52. The molecule has 1 saturated heterocycles. The largest absolute Gasteiger partial charge is 0.464 e. The molecule has 2 aromatic carbocycles. The molecule has 1 heterocycles. The Morgan fingerprint density at radius 3 is 2.12 bits per heavy atom. The molecule has 3 rings (SSSR count). The van der Waals surface area contributed by atoms with Crippen molar-refractivity contribution in [1.29, 1.82) is 0 Å². The fraction of sp³-hybridized carbons (Fsp3) is 0.300. The van der Waals surface area contributed by atoms with Crippen LogP contribution in [-0.4, -0.2) is 35.7 Å². The zero-order valence-corrected chi connectivity index (χ0v) is 14.5. The van der Waals surface area contributed by atoms with Gasteiger partial charge in [0.15, 0.2) is 12.1 Å². The van der Waals surface area contributed by atoms with Crippen molar-refractivity contribution in [3.8, 4) is 0 Å². The summed E-state index contributed by atoms with van der Waals surface area (Å²) in [5, 5.41) is 1.06. The summed E-state index contributed by atoms with van der Waals surface area (Å²) in [5.41, 5.74) is 1.82. The molecule has 0 N–H and O–H groups in total. The molecule has 0 spiro atoms. The lowest BCUT2D eigenvalue weighted by Gasteiger charge is -2.43. The topological polar surface area (TPSA) is 65.1 Å². The maximum Gasteiger partial charge on any atom is 0.334 e. The van der Waals surface area contributed by atoms with Gasteiger partial charge in [0.1, 0.15) is 6.61 Å². The summed E-state index contributed by atoms with van der Waals surface area (Å²) in [6, 6.07) is 18.0. The number of ether oxygens (including phenoxy) is 2. The maximum absolute atomic E-state index is 12.4. The van der Waals surface area contributed by atoms with E-state index in [1.807, 2.05) is 60.7 Å². The summed E-state index contributed by atoms with van der Waals surface area (Å²) in [6.07, 6.45) is -0.898. The monoisotopic (exact) mass is 355 g/mol. The molecule has 1 aliphatic heterocycles. The molecular weight excluding hydrogens is 334 g/mol. The molecule has 0 radical (unpaired) electrons. The standard InChI is InChI=1S/C20H21NO5/c1-2-24-20(23)17-18(25-13-15-9-5-3-6-10-15)19(22)21(17)26-14-16-11-7-4-8-12-16/h3-12,17-18H,2,13-14H2,1H3/t17-,18+/m0/s1. The van der Waals surface area contributed by atoms with E-state index in [-0.39, 0.29) is 25.7 Å². The highest BCUT2D eigenvalue weighted by atomic mass is 16.7. The third-order valence-electron chi connectivity index (χ3n) is 4.01. The zero-order chi connectivity index (χ0) is 18.4. The van der Waals surface area contributed by atoms with Gasteiger partial charge in [0.2, 0.25) is 0 Å². The summed E-state index contributed by atoms with van der Waals surface area (Å²) < 4.78 is 10.7. The molecular formula is C20H21NO5. The minimum absolute atomic E-state index is 0.188. The summed E-state index contributed by atoms with van der Waals surface area (Å²) in [7, 11) is 0. The molecule has 136 valence electrons. The van der Waals surface area contributed by atoms with Gasteiger partial charge in [-0.3, -0.25) is 9.63 Å². The molecule has 2 aromatic rings. The highest BCUT2D eigenvalue weighted by Gasteiger charge is 2.55. The second kappa shape index (κ2) is 8.60. The zero-order valence-electron chi connectivity index (χ0n) is 14.5. The van der Waals surface area contributed by atoms with E-state index in [2.05, 4.69) is 0 Å². The van der Waals surface area contributed by atoms with Crippen LogP contribution in [-0.2, 0) is 37.1 Å². The first-order valence-electron chi connectivity index (χ1n) is 8.52. The molecule has 2 atom stereocenters. The first-order chi connectivity index (χ1) is 12.7. The molecule has 0 bridgehead atoms. The molecule has 0 aliphatic carbocycles. The fourth-order valence-corrected chi connectivity index (χ4v) is 2.67. The number of esters is 1. The minimum atomic E-state index is -0.898. The lowest BCUT2D eigenvalue weighted by molar-refractivity contribution is -0.267. The molecule has 0 saturated carbocycles. The first kappa shape index (κ1) is 18.1. The van der Waals surface area contributed by atoms with Gasteiger partial charge >= 0.3 is 5.97 Å². The van der Waals surface area contributed by atoms with Crippen molar-refractivity contribution in [3.63, 3.8) is 0 Å². The van der Waals surface area contributed by atoms with Crippen molar-refractivity contribution in [2.24, 2.45) is 0 Å². The predicted molar refractivity (Wildman–Crippen MR) is 93.5 cm³/mol. The summed E-state index contributed by atoms with van der Waals surface area (Å²) in [4.78, 5) is 30.2. The van der Waals surface area contributed by atoms with E-state index in [4.69, 9.17) is 14.3 Å². The molecule has 0 unspecified atom stereocenters. The molecule has 1 aliphatic rings. The van der Waals surface area contributed by atoms with Gasteiger partial charge in [-0.1, -0.05) is 60.7 Å². The SMILES string of the molecule is CCOC(=O)[C@@H]1[C@@H](OCc2ccccc2)C(=O)N1OCc1ccccc1. The average Bonchev–Trinajstić information content (AvgIpc) is 2.67. The van der Waals surface area contributed by atoms with E-state index in [1.165, 1.54) is 0 Å². The van der Waals surface area contributed by atoms with Crippen LogP contribution in [0.2, 0.25) is 0 Å². The van der Waals surface area contributed by atoms with Gasteiger partial charge in [0.05, 0.1) is 13.2 Å². The van der Waals surface area contributed by atoms with Crippen LogP contribution in [0.4, 0.5) is 0 Å². The summed E-state index contributed by atoms with van der Waals surface area (Å²) in [6.45, 7) is 2.36. The number of rotatable bonds is 8. The minimum Gasteiger partial charge on any atom is -0.464 e. The third-order valence-corrected chi connectivity index (χ3v) is 4.01. The van der Waals surface area contributed by atoms with Crippen LogP contribution in [0, 0.1) is 0 Å². The normalized spacial score (nSPS) is 19.1. The molecule has 1 amide bonds. The Morgan fingerprint density at radius 1 is 0.962 bits per heavy atom. The van der Waals surface area contributed by atoms with E-state index in [0.29, 0.717) is 0 Å². The van der Waals surface area contributed by atoms with Crippen LogP contribution in [0.15, 0.2) is 60.7 Å². The van der Waals surface area contributed by atoms with E-state index < -0.39 is 18.1 Å². The fourth-order valence-electron chi connectivity index (χ4n) is 2.67. The molecule has 6 heteroatoms. The molecule has 26 heavy (non-hydrogen) atoms. The van der Waals surface area contributed by atoms with Crippen LogP contribution in [0.25, 0.3) is 0 Å². The number of nitrogens with zero attached hydrogens (tertiary/aromatic N) is 1. The van der Waals surface area contributed by atoms with Gasteiger partial charge in [-0.05, 0) is 18.1 Å². The predicted octanol–water partition coefficient (Wildman–Crippen LogP) is 2.48. The van der Waals surface area contributed by atoms with Crippen molar-refractivity contribution in [2.45, 2.75) is 32.3 Å². The number of hydrogen-bond acceptors (Lipinski definition) is 5. The van der Waals surface area contributed by atoms with Gasteiger partial charge < -0.3 is 9.47 Å². The van der Waals surface area contributed by atoms with Gasteiger partial charge in [-0.25, -0.2) is 9.86 Å². The number of carbonyl (C=O) groups excluding carboxylic acids is 2. The van der Waals surface area contributed by atoms with Crippen LogP contribution >= 0.6 is 0 Å². The number of β-lactam (4-membered cyclic amide) rings is 1. The third kappa shape index (κ3) is 4.09. The number of hydroxylamine groups is 2. The van der Waals surface area contributed by atoms with Crippen molar-refractivity contribution in [3.05, 3.63) is 71.8 Å². The smallest absolute Gasteiger partial charge is 0.334 e. The van der Waals surface area contributed by atoms with E-state index in [1.54, 1.807) is 6.92 Å². The van der Waals surface area contributed by atoms with Crippen molar-refractivity contribution < 1.29 is 23.9 Å². The molecule has 6 nitrogen and oxygen atoms in total. The van der Waals surface area contributed by atoms with Gasteiger partial charge in [0, 0.05) is 0 Å². The average molecular weight is 355 g/mol. The molecule has 0 aromatic heterocycles. The lowest BCUT2D eigenvalue weighted by Crippen LogP contribution is -2.68. The van der Waals surface area contributed by atoms with Crippen LogP contribution in [0.5, 0.6) is 0 Å². The highest BCUT2D eigenvalue weighted by molar-refractivity contribution is 5.98. The van der Waals surface area contributed by atoms with Crippen LogP contribution in [0.3, 0.4) is 0 Å². The van der Waals surface area contributed by atoms with E-state index in [9.17, 15) is 9.59 Å². The number of benzene rings is 2. The quantitative estimate of drug-likeness (QED) is 0.538. The maximum atomic E-state index is 12.4. The summed E-state index contributed by atoms with van der Waals surface area (Å²) >= 11 is 0. The van der Waals surface area contributed by atoms with Crippen molar-refractivity contribution in [1.82, 2.24) is 5.06 Å². The Balaban J connectivity index is 1.63. The summed E-state index contributed by atoms with van der Waals surface area (Å²) in [5.74, 6) is -0.909. The Morgan fingerprint density at radius 2 is 1.54 bits per heavy atom. The number of amides is 1. The number of hydrogen-bond donors (Lipinski definition) is 0. The second-order valence-electron chi connectivity index (χ2n) is 5.84. The highest BCUT2D eigenvalue weighted by Crippen LogP contribution is 2.27. The van der Waals surface area contributed by atoms with E-state index in [0.717, 1.165) is 16.2 Å². The van der Waals surface area contributed by atoms with Crippen LogP contribution < -0.4 is 0 Å². The second-order valence-corrected chi connectivity index (χ2v) is 5.84. The Hall–Kier alpha value is -2.70. The van der Waals surface area contributed by atoms with Crippen molar-refractivity contribution >= 4 is 11.9 Å². The molecule has 1 fully saturated rings. The van der Waals surface area contributed by atoms with Crippen molar-refractivity contribution in [2.75, 3.05) is 6.61 Å². The Labute approximate surface area is 152 Å². The lowest BCUT2D eigenvalue weighted by atomic mass is 10.0. The Bertz CT molecular complexity index is 681. The van der Waals surface area contributed by atoms with Gasteiger partial charge in [0.25, 0.3) is 5.91 Å².